The smallest absolute Gasteiger partial charge is 0.322 e. The van der Waals surface area contributed by atoms with E-state index in [-0.39, 0.29) is 18.0 Å². The summed E-state index contributed by atoms with van der Waals surface area (Å²) in [7, 11) is 1.85. The molecule has 3 aromatic rings. The fourth-order valence-corrected chi connectivity index (χ4v) is 4.95. The summed E-state index contributed by atoms with van der Waals surface area (Å²) >= 11 is 0. The molecule has 35 heavy (non-hydrogen) atoms. The SMILES string of the molecule is CNc1cccc(NC(=O)N2CCCC2c2cccc(C(=O)Nc3ccc4c(c3)CNCC4)c2)c1. The number of benzene rings is 3. The molecule has 1 fully saturated rings. The number of hydrogen-bond donors (Lipinski definition) is 4. The molecule has 0 radical (unpaired) electrons. The number of carbonyl (C=O) groups is 2. The summed E-state index contributed by atoms with van der Waals surface area (Å²) in [4.78, 5) is 28.0. The normalized spacial score (nSPS) is 16.9. The van der Waals surface area contributed by atoms with Crippen molar-refractivity contribution in [3.05, 3.63) is 89.0 Å². The highest BCUT2D eigenvalue weighted by atomic mass is 16.2. The Morgan fingerprint density at radius 1 is 0.914 bits per heavy atom. The third kappa shape index (κ3) is 5.15. The van der Waals surface area contributed by atoms with E-state index in [1.807, 2.05) is 66.5 Å². The number of fused-ring (bicyclic) bond motifs is 1. The fraction of sp³-hybridized carbons (Fsp3) is 0.286. The molecule has 7 nitrogen and oxygen atoms in total. The molecule has 5 rings (SSSR count). The first-order valence-corrected chi connectivity index (χ1v) is 12.2. The van der Waals surface area contributed by atoms with Crippen molar-refractivity contribution in [2.45, 2.75) is 31.8 Å². The van der Waals surface area contributed by atoms with E-state index in [4.69, 9.17) is 0 Å². The van der Waals surface area contributed by atoms with Crippen molar-refractivity contribution in [2.24, 2.45) is 0 Å². The van der Waals surface area contributed by atoms with Gasteiger partial charge in [0.05, 0.1) is 6.04 Å². The molecule has 4 N–H and O–H groups in total. The van der Waals surface area contributed by atoms with Gasteiger partial charge in [-0.15, -0.1) is 0 Å². The third-order valence-corrected chi connectivity index (χ3v) is 6.80. The quantitative estimate of drug-likeness (QED) is 0.424. The predicted octanol–water partition coefficient (Wildman–Crippen LogP) is 5.00. The first-order valence-electron chi connectivity index (χ1n) is 12.2. The van der Waals surface area contributed by atoms with Crippen LogP contribution in [0.25, 0.3) is 0 Å². The average molecular weight is 470 g/mol. The first kappa shape index (κ1) is 22.9. The van der Waals surface area contributed by atoms with Crippen LogP contribution in [0.2, 0.25) is 0 Å². The molecule has 0 aliphatic carbocycles. The minimum atomic E-state index is -0.145. The number of amides is 3. The average Bonchev–Trinajstić information content (AvgIpc) is 3.39. The van der Waals surface area contributed by atoms with Crippen LogP contribution in [0.1, 0.15) is 45.9 Å². The van der Waals surface area contributed by atoms with Crippen LogP contribution in [-0.2, 0) is 13.0 Å². The minimum absolute atomic E-state index is 0.0648. The topological polar surface area (TPSA) is 85.5 Å². The molecule has 2 aliphatic rings. The van der Waals surface area contributed by atoms with Gasteiger partial charge in [0.15, 0.2) is 0 Å². The van der Waals surface area contributed by atoms with Crippen LogP contribution in [0.15, 0.2) is 66.7 Å². The number of nitrogens with one attached hydrogen (secondary N) is 4. The Kier molecular flexibility index (Phi) is 6.68. The molecule has 180 valence electrons. The van der Waals surface area contributed by atoms with Gasteiger partial charge in [0.25, 0.3) is 5.91 Å². The van der Waals surface area contributed by atoms with Gasteiger partial charge in [-0.25, -0.2) is 4.79 Å². The van der Waals surface area contributed by atoms with Crippen LogP contribution in [0.3, 0.4) is 0 Å². The van der Waals surface area contributed by atoms with Gasteiger partial charge in [-0.1, -0.05) is 24.3 Å². The molecule has 2 aliphatic heterocycles. The number of urea groups is 1. The lowest BCUT2D eigenvalue weighted by molar-refractivity contribution is 0.102. The molecule has 1 unspecified atom stereocenters. The Morgan fingerprint density at radius 3 is 2.63 bits per heavy atom. The lowest BCUT2D eigenvalue weighted by Crippen LogP contribution is -2.34. The van der Waals surface area contributed by atoms with Gasteiger partial charge in [0, 0.05) is 42.8 Å². The van der Waals surface area contributed by atoms with Crippen LogP contribution in [0.5, 0.6) is 0 Å². The summed E-state index contributed by atoms with van der Waals surface area (Å²) in [5.41, 5.74) is 6.62. The second-order valence-corrected chi connectivity index (χ2v) is 9.10. The van der Waals surface area contributed by atoms with Crippen LogP contribution in [0, 0.1) is 0 Å². The summed E-state index contributed by atoms with van der Waals surface area (Å²) in [6.07, 6.45) is 2.80. The van der Waals surface area contributed by atoms with Crippen molar-refractivity contribution in [3.8, 4) is 0 Å². The van der Waals surface area contributed by atoms with Gasteiger partial charge in [-0.05, 0) is 85.0 Å². The Hall–Kier alpha value is -3.84. The monoisotopic (exact) mass is 469 g/mol. The van der Waals surface area contributed by atoms with Crippen molar-refractivity contribution in [2.75, 3.05) is 36.1 Å². The maximum Gasteiger partial charge on any atom is 0.322 e. The van der Waals surface area contributed by atoms with E-state index in [2.05, 4.69) is 33.4 Å². The number of carbonyl (C=O) groups excluding carboxylic acids is 2. The highest BCUT2D eigenvalue weighted by Gasteiger charge is 2.30. The number of likely N-dealkylation sites (tertiary alicyclic amines) is 1. The zero-order valence-corrected chi connectivity index (χ0v) is 19.9. The van der Waals surface area contributed by atoms with Crippen LogP contribution >= 0.6 is 0 Å². The predicted molar refractivity (Wildman–Crippen MR) is 140 cm³/mol. The van der Waals surface area contributed by atoms with Crippen LogP contribution in [-0.4, -0.2) is 37.0 Å². The van der Waals surface area contributed by atoms with Crippen molar-refractivity contribution >= 4 is 29.0 Å². The van der Waals surface area contributed by atoms with Gasteiger partial charge >= 0.3 is 6.03 Å². The molecule has 1 saturated heterocycles. The van der Waals surface area contributed by atoms with Crippen molar-refractivity contribution < 1.29 is 9.59 Å². The van der Waals surface area contributed by atoms with Gasteiger partial charge in [0.2, 0.25) is 0 Å². The summed E-state index contributed by atoms with van der Waals surface area (Å²) < 4.78 is 0. The van der Waals surface area contributed by atoms with Crippen LogP contribution < -0.4 is 21.3 Å². The van der Waals surface area contributed by atoms with Crippen LogP contribution in [0.4, 0.5) is 21.9 Å². The molecular weight excluding hydrogens is 438 g/mol. The highest BCUT2D eigenvalue weighted by Crippen LogP contribution is 2.33. The van der Waals surface area contributed by atoms with Gasteiger partial charge in [-0.3, -0.25) is 4.79 Å². The lowest BCUT2D eigenvalue weighted by atomic mass is 10.00. The number of anilines is 3. The van der Waals surface area contributed by atoms with E-state index in [0.717, 1.165) is 55.0 Å². The molecule has 1 atom stereocenters. The second-order valence-electron chi connectivity index (χ2n) is 9.10. The van der Waals surface area contributed by atoms with Crippen molar-refractivity contribution in [1.29, 1.82) is 0 Å². The summed E-state index contributed by atoms with van der Waals surface area (Å²) in [5, 5.41) is 12.5. The first-order chi connectivity index (χ1) is 17.1. The molecule has 7 heteroatoms. The van der Waals surface area contributed by atoms with E-state index in [1.54, 1.807) is 0 Å². The maximum atomic E-state index is 13.1. The number of hydrogen-bond acceptors (Lipinski definition) is 4. The maximum absolute atomic E-state index is 13.1. The third-order valence-electron chi connectivity index (χ3n) is 6.80. The molecular formula is C28H31N5O2. The zero-order chi connectivity index (χ0) is 24.2. The lowest BCUT2D eigenvalue weighted by Gasteiger charge is -2.26. The van der Waals surface area contributed by atoms with Crippen molar-refractivity contribution in [1.82, 2.24) is 10.2 Å². The Morgan fingerprint density at radius 2 is 1.74 bits per heavy atom. The molecule has 0 bridgehead atoms. The van der Waals surface area contributed by atoms with E-state index in [9.17, 15) is 9.59 Å². The van der Waals surface area contributed by atoms with E-state index in [1.165, 1.54) is 11.1 Å². The molecule has 0 saturated carbocycles. The van der Waals surface area contributed by atoms with Gasteiger partial charge in [-0.2, -0.15) is 0 Å². The number of rotatable bonds is 5. The molecule has 0 spiro atoms. The molecule has 3 aromatic carbocycles. The Labute approximate surface area is 205 Å². The van der Waals surface area contributed by atoms with E-state index >= 15 is 0 Å². The summed E-state index contributed by atoms with van der Waals surface area (Å²) in [5.74, 6) is -0.145. The van der Waals surface area contributed by atoms with E-state index in [0.29, 0.717) is 12.1 Å². The standard InChI is InChI=1S/C28H31N5O2/c1-29-23-7-3-8-24(17-23)32-28(35)33-14-4-9-26(33)20-5-2-6-21(15-20)27(34)31-25-11-10-19-12-13-30-18-22(19)16-25/h2-3,5-8,10-11,15-17,26,29-30H,4,9,12-14,18H2,1H3,(H,31,34)(H,32,35). The Balaban J connectivity index is 1.29. The molecule has 2 heterocycles. The van der Waals surface area contributed by atoms with Gasteiger partial charge < -0.3 is 26.2 Å². The van der Waals surface area contributed by atoms with Crippen molar-refractivity contribution in [3.63, 3.8) is 0 Å². The molecule has 3 amide bonds. The Bertz CT molecular complexity index is 1240. The molecule has 0 aromatic heterocycles. The van der Waals surface area contributed by atoms with Gasteiger partial charge in [0.1, 0.15) is 0 Å². The highest BCUT2D eigenvalue weighted by molar-refractivity contribution is 6.04. The minimum Gasteiger partial charge on any atom is -0.388 e. The summed E-state index contributed by atoms with van der Waals surface area (Å²) in [6, 6.07) is 21.2. The largest absolute Gasteiger partial charge is 0.388 e. The van der Waals surface area contributed by atoms with E-state index < -0.39 is 0 Å². The summed E-state index contributed by atoms with van der Waals surface area (Å²) in [6.45, 7) is 2.50. The number of nitrogens with zero attached hydrogens (tertiary/aromatic N) is 1. The zero-order valence-electron chi connectivity index (χ0n) is 19.9. The fourth-order valence-electron chi connectivity index (χ4n) is 4.95. The second kappa shape index (κ2) is 10.2.